The molecule has 0 radical (unpaired) electrons. The maximum absolute atomic E-state index is 12.8. The second kappa shape index (κ2) is 9.33. The summed E-state index contributed by atoms with van der Waals surface area (Å²) >= 11 is 8.77. The zero-order valence-electron chi connectivity index (χ0n) is 18.6. The number of oxazole rings is 1. The molecule has 33 heavy (non-hydrogen) atoms. The van der Waals surface area contributed by atoms with Gasteiger partial charge in [-0.15, -0.1) is 0 Å². The molecule has 1 amide bonds. The van der Waals surface area contributed by atoms with Crippen molar-refractivity contribution in [2.24, 2.45) is 0 Å². The number of hydrogen-bond donors (Lipinski definition) is 2. The van der Waals surface area contributed by atoms with E-state index in [2.05, 4.69) is 44.5 Å². The standard InChI is InChI=1S/C25H22BrN3O3S/c1-13-5-7-18(14(2)9-13)24-28-20-12-17(6-8-21(20)32-24)27-25(33)29-23(30)19-11-16(26)10-15(3)22(19)31-4/h5-12H,1-4H3,(H2,27,29,30,33). The summed E-state index contributed by atoms with van der Waals surface area (Å²) in [7, 11) is 1.53. The maximum Gasteiger partial charge on any atom is 0.261 e. The molecule has 4 rings (SSSR count). The van der Waals surface area contributed by atoms with E-state index in [-0.39, 0.29) is 11.0 Å². The van der Waals surface area contributed by atoms with Gasteiger partial charge in [0.05, 0.1) is 12.7 Å². The van der Waals surface area contributed by atoms with Crippen LogP contribution in [0.15, 0.2) is 57.4 Å². The van der Waals surface area contributed by atoms with Gasteiger partial charge in [-0.2, -0.15) is 0 Å². The average molecular weight is 524 g/mol. The molecule has 0 aliphatic rings. The number of ether oxygens (including phenoxy) is 1. The highest BCUT2D eigenvalue weighted by Gasteiger charge is 2.17. The van der Waals surface area contributed by atoms with Crippen molar-refractivity contribution in [1.82, 2.24) is 10.3 Å². The van der Waals surface area contributed by atoms with Crippen LogP contribution in [-0.4, -0.2) is 23.1 Å². The van der Waals surface area contributed by atoms with Gasteiger partial charge in [0, 0.05) is 15.7 Å². The van der Waals surface area contributed by atoms with E-state index in [1.165, 1.54) is 12.7 Å². The monoisotopic (exact) mass is 523 g/mol. The lowest BCUT2D eigenvalue weighted by Crippen LogP contribution is -2.34. The molecule has 2 N–H and O–H groups in total. The molecule has 0 aliphatic heterocycles. The summed E-state index contributed by atoms with van der Waals surface area (Å²) in [6.45, 7) is 5.96. The average Bonchev–Trinajstić information content (AvgIpc) is 3.16. The number of nitrogens with zero attached hydrogens (tertiary/aromatic N) is 1. The number of carbonyl (C=O) groups excluding carboxylic acids is 1. The molecule has 0 aliphatic carbocycles. The van der Waals surface area contributed by atoms with Crippen LogP contribution in [0, 0.1) is 20.8 Å². The van der Waals surface area contributed by atoms with Crippen LogP contribution in [0.5, 0.6) is 5.75 Å². The fourth-order valence-electron chi connectivity index (χ4n) is 3.68. The van der Waals surface area contributed by atoms with Crippen molar-refractivity contribution in [1.29, 1.82) is 0 Å². The van der Waals surface area contributed by atoms with Crippen LogP contribution in [0.1, 0.15) is 27.0 Å². The number of benzene rings is 3. The predicted molar refractivity (Wildman–Crippen MR) is 138 cm³/mol. The van der Waals surface area contributed by atoms with Gasteiger partial charge in [0.15, 0.2) is 10.7 Å². The number of thiocarbonyl (C=S) groups is 1. The fraction of sp³-hybridized carbons (Fsp3) is 0.160. The first-order valence-electron chi connectivity index (χ1n) is 10.2. The summed E-state index contributed by atoms with van der Waals surface area (Å²) < 4.78 is 12.1. The molecular formula is C25H22BrN3O3S. The first kappa shape index (κ1) is 22.9. The van der Waals surface area contributed by atoms with Crippen LogP contribution >= 0.6 is 28.1 Å². The van der Waals surface area contributed by atoms with Gasteiger partial charge in [0.25, 0.3) is 5.91 Å². The lowest BCUT2D eigenvalue weighted by molar-refractivity contribution is 0.0974. The van der Waals surface area contributed by atoms with E-state index < -0.39 is 0 Å². The number of aryl methyl sites for hydroxylation is 3. The van der Waals surface area contributed by atoms with Gasteiger partial charge >= 0.3 is 0 Å². The molecule has 0 unspecified atom stereocenters. The minimum Gasteiger partial charge on any atom is -0.496 e. The molecule has 3 aromatic carbocycles. The van der Waals surface area contributed by atoms with Crippen molar-refractivity contribution in [3.05, 3.63) is 75.3 Å². The van der Waals surface area contributed by atoms with Gasteiger partial charge in [-0.05, 0) is 80.5 Å². The van der Waals surface area contributed by atoms with Crippen LogP contribution in [0.25, 0.3) is 22.6 Å². The zero-order chi connectivity index (χ0) is 23.7. The van der Waals surface area contributed by atoms with E-state index in [9.17, 15) is 4.79 Å². The summed E-state index contributed by atoms with van der Waals surface area (Å²) in [6, 6.07) is 15.2. The number of halogens is 1. The summed E-state index contributed by atoms with van der Waals surface area (Å²) in [5, 5.41) is 5.90. The SMILES string of the molecule is COc1c(C)cc(Br)cc1C(=O)NC(=S)Nc1ccc2oc(-c3ccc(C)cc3C)nc2c1. The second-order valence-corrected chi connectivity index (χ2v) is 9.06. The predicted octanol–water partition coefficient (Wildman–Crippen LogP) is 6.32. The molecule has 0 atom stereocenters. The van der Waals surface area contributed by atoms with Crippen LogP contribution in [-0.2, 0) is 0 Å². The van der Waals surface area contributed by atoms with E-state index in [4.69, 9.17) is 21.4 Å². The fourth-order valence-corrected chi connectivity index (χ4v) is 4.46. The first-order valence-corrected chi connectivity index (χ1v) is 11.4. The molecule has 1 aromatic heterocycles. The topological polar surface area (TPSA) is 76.4 Å². The number of hydrogen-bond acceptors (Lipinski definition) is 5. The number of methoxy groups -OCH3 is 1. The molecule has 8 heteroatoms. The van der Waals surface area contributed by atoms with Crippen molar-refractivity contribution in [2.45, 2.75) is 20.8 Å². The number of amides is 1. The minimum absolute atomic E-state index is 0.164. The van der Waals surface area contributed by atoms with E-state index in [0.717, 1.165) is 21.2 Å². The highest BCUT2D eigenvalue weighted by atomic mass is 79.9. The lowest BCUT2D eigenvalue weighted by atomic mass is 10.1. The van der Waals surface area contributed by atoms with Gasteiger partial charge in [0.2, 0.25) is 5.89 Å². The number of carbonyl (C=O) groups is 1. The third-order valence-electron chi connectivity index (χ3n) is 5.17. The van der Waals surface area contributed by atoms with Crippen molar-refractivity contribution < 1.29 is 13.9 Å². The number of aromatic nitrogens is 1. The molecule has 6 nitrogen and oxygen atoms in total. The summed E-state index contributed by atoms with van der Waals surface area (Å²) in [6.07, 6.45) is 0. The Hall–Kier alpha value is -3.23. The molecule has 0 spiro atoms. The first-order chi connectivity index (χ1) is 15.7. The van der Waals surface area contributed by atoms with Crippen LogP contribution in [0.3, 0.4) is 0 Å². The Bertz CT molecular complexity index is 1400. The van der Waals surface area contributed by atoms with E-state index in [0.29, 0.717) is 34.0 Å². The van der Waals surface area contributed by atoms with Gasteiger partial charge in [-0.3, -0.25) is 10.1 Å². The smallest absolute Gasteiger partial charge is 0.261 e. The lowest BCUT2D eigenvalue weighted by Gasteiger charge is -2.13. The minimum atomic E-state index is -0.367. The van der Waals surface area contributed by atoms with E-state index >= 15 is 0 Å². The number of rotatable bonds is 4. The molecular weight excluding hydrogens is 502 g/mol. The van der Waals surface area contributed by atoms with Crippen molar-refractivity contribution >= 4 is 56.0 Å². The summed E-state index contributed by atoms with van der Waals surface area (Å²) in [5.74, 6) is 0.697. The van der Waals surface area contributed by atoms with Crippen molar-refractivity contribution in [3.63, 3.8) is 0 Å². The molecule has 0 saturated carbocycles. The Balaban J connectivity index is 1.52. The molecule has 1 heterocycles. The quantitative estimate of drug-likeness (QED) is 0.305. The van der Waals surface area contributed by atoms with Gasteiger partial charge in [-0.25, -0.2) is 4.98 Å². The van der Waals surface area contributed by atoms with Gasteiger partial charge in [-0.1, -0.05) is 33.6 Å². The number of nitrogens with one attached hydrogen (secondary N) is 2. The third-order valence-corrected chi connectivity index (χ3v) is 5.83. The van der Waals surface area contributed by atoms with E-state index in [1.54, 1.807) is 6.07 Å². The Morgan fingerprint density at radius 1 is 1.06 bits per heavy atom. The van der Waals surface area contributed by atoms with Crippen molar-refractivity contribution in [2.75, 3.05) is 12.4 Å². The molecule has 0 fully saturated rings. The van der Waals surface area contributed by atoms with E-state index in [1.807, 2.05) is 50.2 Å². The van der Waals surface area contributed by atoms with Gasteiger partial charge < -0.3 is 14.5 Å². The molecule has 0 saturated heterocycles. The normalized spacial score (nSPS) is 10.8. The van der Waals surface area contributed by atoms with Crippen LogP contribution in [0.2, 0.25) is 0 Å². The van der Waals surface area contributed by atoms with Gasteiger partial charge in [0.1, 0.15) is 11.3 Å². The zero-order valence-corrected chi connectivity index (χ0v) is 21.0. The van der Waals surface area contributed by atoms with Crippen LogP contribution < -0.4 is 15.4 Å². The Morgan fingerprint density at radius 2 is 1.85 bits per heavy atom. The second-order valence-electron chi connectivity index (χ2n) is 7.73. The summed E-state index contributed by atoms with van der Waals surface area (Å²) in [5.41, 5.74) is 6.50. The van der Waals surface area contributed by atoms with Crippen LogP contribution in [0.4, 0.5) is 5.69 Å². The maximum atomic E-state index is 12.8. The third kappa shape index (κ3) is 4.91. The Kier molecular flexibility index (Phi) is 6.49. The highest BCUT2D eigenvalue weighted by Crippen LogP contribution is 2.29. The Morgan fingerprint density at radius 3 is 2.58 bits per heavy atom. The van der Waals surface area contributed by atoms with Crippen molar-refractivity contribution in [3.8, 4) is 17.2 Å². The number of anilines is 1. The molecule has 168 valence electrons. The summed E-state index contributed by atoms with van der Waals surface area (Å²) in [4.78, 5) is 17.4. The molecule has 0 bridgehead atoms. The molecule has 4 aromatic rings. The number of fused-ring (bicyclic) bond motifs is 1. The Labute approximate surface area is 205 Å². The largest absolute Gasteiger partial charge is 0.496 e. The highest BCUT2D eigenvalue weighted by molar-refractivity contribution is 9.10.